The third kappa shape index (κ3) is 5.81. The Bertz CT molecular complexity index is 340. The number of unbranched alkanes of at least 4 members (excludes halogenated alkanes) is 3. The molecule has 4 heteroatoms. The largest absolute Gasteiger partial charge is 0.494 e. The summed E-state index contributed by atoms with van der Waals surface area (Å²) in [5, 5.41) is 19.2. The first-order chi connectivity index (χ1) is 9.19. The van der Waals surface area contributed by atoms with Crippen molar-refractivity contribution in [1.82, 2.24) is 0 Å². The van der Waals surface area contributed by atoms with E-state index >= 15 is 0 Å². The van der Waals surface area contributed by atoms with Crippen LogP contribution in [0.15, 0.2) is 24.3 Å². The summed E-state index contributed by atoms with van der Waals surface area (Å²) in [6.07, 6.45) is 2.82. The Balaban J connectivity index is 2.39. The molecule has 2 N–H and O–H groups in total. The van der Waals surface area contributed by atoms with Crippen LogP contribution in [0.4, 0.5) is 0 Å². The van der Waals surface area contributed by atoms with Gasteiger partial charge in [-0.25, -0.2) is 0 Å². The Labute approximate surface area is 120 Å². The lowest BCUT2D eigenvalue weighted by Crippen LogP contribution is -2.19. The summed E-state index contributed by atoms with van der Waals surface area (Å²) in [4.78, 5) is 0. The van der Waals surface area contributed by atoms with Crippen molar-refractivity contribution in [1.29, 1.82) is 0 Å². The molecular formula is C15H23ClO3. The van der Waals surface area contributed by atoms with E-state index in [-0.39, 0.29) is 5.88 Å². The zero-order valence-corrected chi connectivity index (χ0v) is 12.1. The quantitative estimate of drug-likeness (QED) is 0.541. The van der Waals surface area contributed by atoms with E-state index in [4.69, 9.17) is 16.3 Å². The lowest BCUT2D eigenvalue weighted by molar-refractivity contribution is 0.0327. The predicted molar refractivity (Wildman–Crippen MR) is 77.8 cm³/mol. The fourth-order valence-electron chi connectivity index (χ4n) is 1.79. The first-order valence-electron chi connectivity index (χ1n) is 6.84. The van der Waals surface area contributed by atoms with Crippen molar-refractivity contribution in [3.8, 4) is 5.75 Å². The van der Waals surface area contributed by atoms with Crippen LogP contribution in [0.5, 0.6) is 5.75 Å². The minimum absolute atomic E-state index is 0.0108. The molecule has 0 radical (unpaired) electrons. The average Bonchev–Trinajstić information content (AvgIpc) is 2.46. The lowest BCUT2D eigenvalue weighted by Gasteiger charge is -2.16. The second kappa shape index (κ2) is 9.18. The van der Waals surface area contributed by atoms with Gasteiger partial charge in [-0.1, -0.05) is 38.3 Å². The van der Waals surface area contributed by atoms with Crippen molar-refractivity contribution < 1.29 is 14.9 Å². The van der Waals surface area contributed by atoms with E-state index in [1.807, 2.05) is 0 Å². The minimum Gasteiger partial charge on any atom is -0.494 e. The monoisotopic (exact) mass is 286 g/mol. The minimum atomic E-state index is -0.948. The molecule has 19 heavy (non-hydrogen) atoms. The molecule has 0 spiro atoms. The molecule has 0 amide bonds. The van der Waals surface area contributed by atoms with Crippen LogP contribution in [-0.2, 0) is 0 Å². The zero-order valence-electron chi connectivity index (χ0n) is 11.4. The van der Waals surface area contributed by atoms with Gasteiger partial charge in [0, 0.05) is 0 Å². The molecule has 0 heterocycles. The Morgan fingerprint density at radius 1 is 1.11 bits per heavy atom. The fraction of sp³-hybridized carbons (Fsp3) is 0.600. The highest BCUT2D eigenvalue weighted by atomic mass is 35.5. The Hall–Kier alpha value is -0.770. The first kappa shape index (κ1) is 16.3. The Morgan fingerprint density at radius 3 is 2.37 bits per heavy atom. The van der Waals surface area contributed by atoms with E-state index < -0.39 is 12.2 Å². The third-order valence-corrected chi connectivity index (χ3v) is 3.33. The van der Waals surface area contributed by atoms with Gasteiger partial charge < -0.3 is 14.9 Å². The second-order valence-corrected chi connectivity index (χ2v) is 4.95. The molecule has 2 atom stereocenters. The van der Waals surface area contributed by atoms with Gasteiger partial charge in [-0.15, -0.1) is 11.6 Å². The maximum Gasteiger partial charge on any atom is 0.119 e. The topological polar surface area (TPSA) is 49.7 Å². The van der Waals surface area contributed by atoms with E-state index in [0.717, 1.165) is 12.2 Å². The molecule has 0 bridgehead atoms. The lowest BCUT2D eigenvalue weighted by atomic mass is 10.1. The predicted octanol–water partition coefficient (Wildman–Crippen LogP) is 3.28. The van der Waals surface area contributed by atoms with E-state index in [1.165, 1.54) is 19.3 Å². The summed E-state index contributed by atoms with van der Waals surface area (Å²) in [6.45, 7) is 2.90. The SMILES string of the molecule is CCCCCCOc1ccc(C(O)C(O)CCl)cc1. The molecule has 0 fully saturated rings. The molecule has 0 aromatic heterocycles. The fourth-order valence-corrected chi connectivity index (χ4v) is 1.96. The van der Waals surface area contributed by atoms with Gasteiger partial charge in [-0.2, -0.15) is 0 Å². The number of alkyl halides is 1. The molecule has 0 aliphatic carbocycles. The normalized spacial score (nSPS) is 14.1. The summed E-state index contributed by atoms with van der Waals surface area (Å²) in [5.74, 6) is 0.796. The van der Waals surface area contributed by atoms with Crippen LogP contribution in [0.25, 0.3) is 0 Å². The molecular weight excluding hydrogens is 264 g/mol. The maximum absolute atomic E-state index is 9.78. The summed E-state index contributed by atoms with van der Waals surface area (Å²) >= 11 is 5.50. The van der Waals surface area contributed by atoms with Gasteiger partial charge in [0.2, 0.25) is 0 Å². The number of benzene rings is 1. The van der Waals surface area contributed by atoms with Gasteiger partial charge in [-0.3, -0.25) is 0 Å². The van der Waals surface area contributed by atoms with E-state index in [2.05, 4.69) is 6.92 Å². The van der Waals surface area contributed by atoms with E-state index in [1.54, 1.807) is 24.3 Å². The molecule has 108 valence electrons. The summed E-state index contributed by atoms with van der Waals surface area (Å²) in [5.41, 5.74) is 0.645. The van der Waals surface area contributed by atoms with Crippen LogP contribution in [0.1, 0.15) is 44.3 Å². The molecule has 0 saturated heterocycles. The first-order valence-corrected chi connectivity index (χ1v) is 7.37. The molecule has 1 rings (SSSR count). The molecule has 0 aliphatic rings. The third-order valence-electron chi connectivity index (χ3n) is 3.01. The molecule has 0 saturated carbocycles. The highest BCUT2D eigenvalue weighted by molar-refractivity contribution is 6.18. The number of aliphatic hydroxyl groups is 2. The van der Waals surface area contributed by atoms with Crippen LogP contribution in [-0.4, -0.2) is 28.8 Å². The van der Waals surface area contributed by atoms with E-state index in [0.29, 0.717) is 12.2 Å². The van der Waals surface area contributed by atoms with Gasteiger partial charge in [0.15, 0.2) is 0 Å². The number of halogens is 1. The number of rotatable bonds is 9. The Morgan fingerprint density at radius 2 is 1.79 bits per heavy atom. The number of hydrogen-bond acceptors (Lipinski definition) is 3. The maximum atomic E-state index is 9.78. The van der Waals surface area contributed by atoms with Crippen LogP contribution in [0, 0.1) is 0 Å². The zero-order chi connectivity index (χ0) is 14.1. The highest BCUT2D eigenvalue weighted by Crippen LogP contribution is 2.21. The second-order valence-electron chi connectivity index (χ2n) is 4.64. The van der Waals surface area contributed by atoms with Gasteiger partial charge >= 0.3 is 0 Å². The van der Waals surface area contributed by atoms with Crippen molar-refractivity contribution in [2.75, 3.05) is 12.5 Å². The summed E-state index contributed by atoms with van der Waals surface area (Å²) in [7, 11) is 0. The van der Waals surface area contributed by atoms with E-state index in [9.17, 15) is 10.2 Å². The van der Waals surface area contributed by atoms with Crippen molar-refractivity contribution >= 4 is 11.6 Å². The molecule has 3 nitrogen and oxygen atoms in total. The van der Waals surface area contributed by atoms with Gasteiger partial charge in [0.05, 0.1) is 18.6 Å². The van der Waals surface area contributed by atoms with Crippen molar-refractivity contribution in [3.05, 3.63) is 29.8 Å². The number of aliphatic hydroxyl groups excluding tert-OH is 2. The van der Waals surface area contributed by atoms with Gasteiger partial charge in [0.25, 0.3) is 0 Å². The smallest absolute Gasteiger partial charge is 0.119 e. The van der Waals surface area contributed by atoms with Crippen molar-refractivity contribution in [3.63, 3.8) is 0 Å². The molecule has 2 unspecified atom stereocenters. The standard InChI is InChI=1S/C15H23ClO3/c1-2-3-4-5-10-19-13-8-6-12(7-9-13)15(18)14(17)11-16/h6-9,14-15,17-18H,2-5,10-11H2,1H3. The van der Waals surface area contributed by atoms with Crippen LogP contribution in [0.2, 0.25) is 0 Å². The Kier molecular flexibility index (Phi) is 7.87. The number of ether oxygens (including phenoxy) is 1. The molecule has 1 aromatic carbocycles. The summed E-state index contributed by atoms with van der Waals surface area (Å²) in [6, 6.07) is 7.11. The highest BCUT2D eigenvalue weighted by Gasteiger charge is 2.16. The summed E-state index contributed by atoms with van der Waals surface area (Å²) < 4.78 is 5.60. The molecule has 1 aromatic rings. The molecule has 0 aliphatic heterocycles. The van der Waals surface area contributed by atoms with Crippen LogP contribution >= 0.6 is 11.6 Å². The van der Waals surface area contributed by atoms with Crippen LogP contribution in [0.3, 0.4) is 0 Å². The van der Waals surface area contributed by atoms with Gasteiger partial charge in [-0.05, 0) is 24.1 Å². The number of hydrogen-bond donors (Lipinski definition) is 2. The van der Waals surface area contributed by atoms with Crippen LogP contribution < -0.4 is 4.74 Å². The van der Waals surface area contributed by atoms with Crippen molar-refractivity contribution in [2.45, 2.75) is 44.8 Å². The average molecular weight is 287 g/mol. The van der Waals surface area contributed by atoms with Crippen molar-refractivity contribution in [2.24, 2.45) is 0 Å². The van der Waals surface area contributed by atoms with Gasteiger partial charge in [0.1, 0.15) is 11.9 Å².